The zero-order valence-electron chi connectivity index (χ0n) is 22.4. The van der Waals surface area contributed by atoms with E-state index < -0.39 is 5.60 Å². The van der Waals surface area contributed by atoms with Gasteiger partial charge in [-0.1, -0.05) is 25.1 Å². The van der Waals surface area contributed by atoms with Crippen molar-refractivity contribution in [3.63, 3.8) is 0 Å². The maximum atomic E-state index is 13.7. The van der Waals surface area contributed by atoms with Crippen molar-refractivity contribution >= 4 is 11.5 Å². The van der Waals surface area contributed by atoms with Gasteiger partial charge in [-0.15, -0.1) is 0 Å². The summed E-state index contributed by atoms with van der Waals surface area (Å²) in [5.41, 5.74) is 5.08. The largest absolute Gasteiger partial charge is 0.497 e. The summed E-state index contributed by atoms with van der Waals surface area (Å²) < 4.78 is 5.45. The molecule has 1 heterocycles. The number of benzene rings is 1. The minimum atomic E-state index is -0.499. The first-order chi connectivity index (χ1) is 17.1. The van der Waals surface area contributed by atoms with Gasteiger partial charge in [0.05, 0.1) is 18.4 Å². The molecule has 0 aromatic heterocycles. The first-order valence-electron chi connectivity index (χ1n) is 14.2. The molecule has 2 N–H and O–H groups in total. The number of hydrogen-bond donors (Lipinski definition) is 2. The molecule has 1 aliphatic heterocycles. The molecule has 0 saturated heterocycles. The van der Waals surface area contributed by atoms with Crippen molar-refractivity contribution in [1.29, 1.82) is 0 Å². The maximum absolute atomic E-state index is 13.7. The number of ketones is 1. The molecule has 1 aromatic carbocycles. The fraction of sp³-hybridized carbons (Fsp3) is 0.767. The summed E-state index contributed by atoms with van der Waals surface area (Å²) in [6, 6.07) is 6.14. The lowest BCUT2D eigenvalue weighted by Gasteiger charge is -2.61. The number of methoxy groups -OCH3 is 1. The second-order valence-corrected chi connectivity index (χ2v) is 13.6. The third kappa shape index (κ3) is 3.73. The van der Waals surface area contributed by atoms with Gasteiger partial charge in [-0.3, -0.25) is 10.2 Å². The van der Waals surface area contributed by atoms with Crippen molar-refractivity contribution < 1.29 is 14.6 Å². The molecule has 6 rings (SSSR count). The Bertz CT molecular complexity index is 1070. The van der Waals surface area contributed by atoms with Crippen LogP contribution in [0.4, 0.5) is 5.69 Å². The number of nitrogens with one attached hydrogen (secondary N) is 1. The molecule has 0 radical (unpaired) electrons. The second kappa shape index (κ2) is 8.54. The normalized spacial score (nSPS) is 45.9. The highest BCUT2D eigenvalue weighted by Crippen LogP contribution is 2.69. The predicted molar refractivity (Wildman–Crippen MR) is 140 cm³/mol. The van der Waals surface area contributed by atoms with E-state index in [-0.39, 0.29) is 23.7 Å². The zero-order chi connectivity index (χ0) is 25.3. The summed E-state index contributed by atoms with van der Waals surface area (Å²) in [5, 5.41) is 19.2. The molecule has 6 heteroatoms. The highest BCUT2D eigenvalue weighted by molar-refractivity contribution is 5.84. The number of fused-ring (bicyclic) bond motifs is 8. The summed E-state index contributed by atoms with van der Waals surface area (Å²) >= 11 is 0. The van der Waals surface area contributed by atoms with Crippen LogP contribution >= 0.6 is 0 Å². The van der Waals surface area contributed by atoms with E-state index in [1.807, 2.05) is 19.1 Å². The molecule has 0 bridgehead atoms. The van der Waals surface area contributed by atoms with Crippen LogP contribution in [0.2, 0.25) is 0 Å². The Labute approximate surface area is 215 Å². The van der Waals surface area contributed by atoms with Gasteiger partial charge in [0.25, 0.3) is 0 Å². The Hall–Kier alpha value is -1.95. The van der Waals surface area contributed by atoms with Gasteiger partial charge in [-0.2, -0.15) is 5.11 Å². The Kier molecular flexibility index (Phi) is 5.79. The van der Waals surface area contributed by atoms with Crippen LogP contribution in [-0.2, 0) is 11.2 Å². The molecule has 6 nitrogen and oxygen atoms in total. The highest BCUT2D eigenvalue weighted by Gasteiger charge is 2.63. The van der Waals surface area contributed by atoms with Gasteiger partial charge in [0.2, 0.25) is 0 Å². The fourth-order valence-electron chi connectivity index (χ4n) is 9.98. The number of anilines is 1. The van der Waals surface area contributed by atoms with E-state index in [0.717, 1.165) is 50.0 Å². The van der Waals surface area contributed by atoms with Crippen molar-refractivity contribution in [1.82, 2.24) is 0 Å². The van der Waals surface area contributed by atoms with Crippen molar-refractivity contribution in [2.24, 2.45) is 56.7 Å². The molecule has 1 aromatic rings. The lowest BCUT2D eigenvalue weighted by Crippen LogP contribution is -2.55. The van der Waals surface area contributed by atoms with Gasteiger partial charge >= 0.3 is 0 Å². The summed E-state index contributed by atoms with van der Waals surface area (Å²) in [6.45, 7) is 7.19. The van der Waals surface area contributed by atoms with Gasteiger partial charge < -0.3 is 9.84 Å². The van der Waals surface area contributed by atoms with Crippen LogP contribution < -0.4 is 10.2 Å². The zero-order valence-corrected chi connectivity index (χ0v) is 22.4. The average Bonchev–Trinajstić information content (AvgIpc) is 3.14. The van der Waals surface area contributed by atoms with Gasteiger partial charge in [-0.05, 0) is 117 Å². The Morgan fingerprint density at radius 3 is 2.69 bits per heavy atom. The summed E-state index contributed by atoms with van der Waals surface area (Å²) in [5.74, 6) is 4.08. The third-order valence-corrected chi connectivity index (χ3v) is 11.7. The third-order valence-electron chi connectivity index (χ3n) is 11.7. The average molecular weight is 494 g/mol. The number of Topliss-reactive ketones (excluding diaryl/α,β-unsaturated/α-hetero) is 1. The lowest BCUT2D eigenvalue weighted by molar-refractivity contribution is -0.150. The Morgan fingerprint density at radius 1 is 1.06 bits per heavy atom. The van der Waals surface area contributed by atoms with E-state index in [1.165, 1.54) is 24.8 Å². The molecule has 4 aliphatic carbocycles. The number of rotatable bonds is 1. The quantitative estimate of drug-likeness (QED) is 0.485. The minimum Gasteiger partial charge on any atom is -0.497 e. The smallest absolute Gasteiger partial charge is 0.160 e. The molecule has 36 heavy (non-hydrogen) atoms. The van der Waals surface area contributed by atoms with Crippen LogP contribution in [0.25, 0.3) is 0 Å². The lowest BCUT2D eigenvalue weighted by atomic mass is 9.44. The molecule has 1 unspecified atom stereocenters. The SMILES string of the molecule is COc1ccc2c(c1)NN=NCC(=O)C1[C@H](C2)C[C@H]2[C@@H]3CC[C@H]4C[C@](C)(O)CC[C@]4(C)[C@H]3CC[C@]12C. The van der Waals surface area contributed by atoms with Crippen LogP contribution in [0, 0.1) is 46.3 Å². The van der Waals surface area contributed by atoms with Crippen LogP contribution in [-0.4, -0.2) is 30.1 Å². The number of ether oxygens (including phenoxy) is 1. The van der Waals surface area contributed by atoms with Crippen LogP contribution in [0.1, 0.15) is 77.7 Å². The molecule has 9 atom stereocenters. The first kappa shape index (κ1) is 24.4. The van der Waals surface area contributed by atoms with Gasteiger partial charge in [-0.25, -0.2) is 0 Å². The summed E-state index contributed by atoms with van der Waals surface area (Å²) in [7, 11) is 1.68. The molecule has 0 spiro atoms. The Morgan fingerprint density at radius 2 is 1.89 bits per heavy atom. The number of hydrogen-bond acceptors (Lipinski definition) is 6. The molecular weight excluding hydrogens is 450 g/mol. The maximum Gasteiger partial charge on any atom is 0.160 e. The van der Waals surface area contributed by atoms with E-state index in [2.05, 4.69) is 35.7 Å². The predicted octanol–water partition coefficient (Wildman–Crippen LogP) is 6.24. The van der Waals surface area contributed by atoms with Crippen LogP contribution in [0.15, 0.2) is 28.5 Å². The van der Waals surface area contributed by atoms with Crippen molar-refractivity contribution in [3.8, 4) is 5.75 Å². The van der Waals surface area contributed by atoms with Gasteiger partial charge in [0, 0.05) is 12.0 Å². The monoisotopic (exact) mass is 493 g/mol. The van der Waals surface area contributed by atoms with Crippen LogP contribution in [0.5, 0.6) is 5.75 Å². The molecule has 5 aliphatic rings. The number of carbonyl (C=O) groups excluding carboxylic acids is 1. The minimum absolute atomic E-state index is 0.0427. The molecular formula is C30H43N3O3. The van der Waals surface area contributed by atoms with Crippen molar-refractivity contribution in [2.45, 2.75) is 84.2 Å². The number of aliphatic hydroxyl groups is 1. The van der Waals surface area contributed by atoms with E-state index in [1.54, 1.807) is 7.11 Å². The Balaban J connectivity index is 1.33. The standard InChI is InChI=1S/C30H43N3O3/c1-28(35)11-12-29(2)20(16-28)6-8-22-23(29)9-10-30(3)24(22)14-19-13-18-5-7-21(36-4)15-25(18)32-33-31-17-26(34)27(19)30/h5,7,15,19-20,22-24,27,35H,6,8-14,16-17H2,1-4H3,(H,31,32)/t19-,20+,22-,23+,24+,27?,28-,29+,30+/m1/s1. The topological polar surface area (TPSA) is 83.3 Å². The van der Waals surface area contributed by atoms with Crippen molar-refractivity contribution in [3.05, 3.63) is 23.8 Å². The first-order valence-corrected chi connectivity index (χ1v) is 14.2. The van der Waals surface area contributed by atoms with Crippen LogP contribution in [0.3, 0.4) is 0 Å². The number of carbonyl (C=O) groups is 1. The molecule has 0 amide bonds. The van der Waals surface area contributed by atoms with E-state index >= 15 is 0 Å². The van der Waals surface area contributed by atoms with E-state index in [0.29, 0.717) is 35.0 Å². The molecule has 196 valence electrons. The second-order valence-electron chi connectivity index (χ2n) is 13.6. The number of nitrogens with zero attached hydrogens (tertiary/aromatic N) is 2. The molecule has 4 fully saturated rings. The molecule has 4 saturated carbocycles. The van der Waals surface area contributed by atoms with Gasteiger partial charge in [0.1, 0.15) is 12.3 Å². The summed E-state index contributed by atoms with van der Waals surface area (Å²) in [4.78, 5) is 13.7. The fourth-order valence-corrected chi connectivity index (χ4v) is 9.98. The highest BCUT2D eigenvalue weighted by atomic mass is 16.5. The van der Waals surface area contributed by atoms with Gasteiger partial charge in [0.15, 0.2) is 5.78 Å². The summed E-state index contributed by atoms with van der Waals surface area (Å²) in [6.07, 6.45) is 9.88. The van der Waals surface area contributed by atoms with E-state index in [9.17, 15) is 9.90 Å². The van der Waals surface area contributed by atoms with E-state index in [4.69, 9.17) is 4.74 Å². The van der Waals surface area contributed by atoms with Crippen molar-refractivity contribution in [2.75, 3.05) is 19.1 Å².